The van der Waals surface area contributed by atoms with Crippen LogP contribution >= 0.6 is 0 Å². The lowest BCUT2D eigenvalue weighted by Crippen LogP contribution is -2.50. The molecule has 0 aliphatic carbocycles. The number of fused-ring (bicyclic) bond motifs is 1. The third-order valence-corrected chi connectivity index (χ3v) is 6.02. The molecule has 2 fully saturated rings. The highest BCUT2D eigenvalue weighted by atomic mass is 16.7. The quantitative estimate of drug-likeness (QED) is 0.716. The SMILES string of the molecule is O=C(C[C@H]1NC(=O)N(Cc2ccc3c(c2)OCO3)C1=O)N1CCN(c2ccccc2)CC1. The highest BCUT2D eigenvalue weighted by Gasteiger charge is 2.40. The summed E-state index contributed by atoms with van der Waals surface area (Å²) in [6.45, 7) is 2.91. The first-order chi connectivity index (χ1) is 15.6. The highest BCUT2D eigenvalue weighted by molar-refractivity contribution is 6.05. The van der Waals surface area contributed by atoms with Gasteiger partial charge in [-0.3, -0.25) is 14.5 Å². The molecule has 1 N–H and O–H groups in total. The third kappa shape index (κ3) is 3.93. The fourth-order valence-electron chi connectivity index (χ4n) is 4.24. The number of hydrogen-bond donors (Lipinski definition) is 1. The molecule has 4 amide bonds. The van der Waals surface area contributed by atoms with Crippen molar-refractivity contribution in [2.24, 2.45) is 0 Å². The van der Waals surface area contributed by atoms with Gasteiger partial charge in [0.05, 0.1) is 13.0 Å². The molecule has 0 saturated carbocycles. The van der Waals surface area contributed by atoms with Gasteiger partial charge in [-0.15, -0.1) is 0 Å². The standard InChI is InChI=1S/C23H24N4O5/c28-21(26-10-8-25(9-11-26)17-4-2-1-3-5-17)13-18-22(29)27(23(30)24-18)14-16-6-7-19-20(12-16)32-15-31-19/h1-7,12,18H,8-11,13-15H2,(H,24,30)/t18-/m1/s1. The van der Waals surface area contributed by atoms with Gasteiger partial charge in [-0.25, -0.2) is 4.79 Å². The Morgan fingerprint density at radius 2 is 1.72 bits per heavy atom. The summed E-state index contributed by atoms with van der Waals surface area (Å²) in [4.78, 5) is 43.2. The second-order valence-electron chi connectivity index (χ2n) is 8.02. The summed E-state index contributed by atoms with van der Waals surface area (Å²) in [6, 6.07) is 14.1. The molecular formula is C23H24N4O5. The number of rotatable bonds is 5. The van der Waals surface area contributed by atoms with Gasteiger partial charge >= 0.3 is 6.03 Å². The number of carbonyl (C=O) groups excluding carboxylic acids is 3. The Morgan fingerprint density at radius 1 is 0.969 bits per heavy atom. The molecule has 9 nitrogen and oxygen atoms in total. The van der Waals surface area contributed by atoms with Gasteiger partial charge in [0, 0.05) is 31.9 Å². The second-order valence-corrected chi connectivity index (χ2v) is 8.02. The lowest BCUT2D eigenvalue weighted by molar-refractivity contribution is -0.136. The van der Waals surface area contributed by atoms with Crippen LogP contribution in [0.1, 0.15) is 12.0 Å². The Hall–Kier alpha value is -3.75. The molecule has 1 atom stereocenters. The molecule has 0 radical (unpaired) electrons. The van der Waals surface area contributed by atoms with Crippen LogP contribution in [-0.2, 0) is 16.1 Å². The molecule has 0 spiro atoms. The van der Waals surface area contributed by atoms with Gasteiger partial charge in [0.1, 0.15) is 6.04 Å². The van der Waals surface area contributed by atoms with Gasteiger partial charge in [0.2, 0.25) is 12.7 Å². The summed E-state index contributed by atoms with van der Waals surface area (Å²) in [7, 11) is 0. The molecule has 2 aromatic rings. The number of carbonyl (C=O) groups is 3. The molecule has 2 saturated heterocycles. The predicted molar refractivity (Wildman–Crippen MR) is 115 cm³/mol. The van der Waals surface area contributed by atoms with E-state index in [1.54, 1.807) is 23.1 Å². The number of urea groups is 1. The van der Waals surface area contributed by atoms with Crippen LogP contribution < -0.4 is 19.7 Å². The number of nitrogens with zero attached hydrogens (tertiary/aromatic N) is 3. The summed E-state index contributed by atoms with van der Waals surface area (Å²) in [5.74, 6) is 0.725. The van der Waals surface area contributed by atoms with Gasteiger partial charge in [-0.1, -0.05) is 24.3 Å². The van der Waals surface area contributed by atoms with Crippen molar-refractivity contribution in [1.29, 1.82) is 0 Å². The zero-order valence-electron chi connectivity index (χ0n) is 17.5. The van der Waals surface area contributed by atoms with E-state index in [9.17, 15) is 14.4 Å². The molecule has 166 valence electrons. The number of nitrogens with one attached hydrogen (secondary N) is 1. The first kappa shape index (κ1) is 20.2. The van der Waals surface area contributed by atoms with Gasteiger partial charge in [-0.2, -0.15) is 0 Å². The van der Waals surface area contributed by atoms with Gasteiger partial charge in [0.25, 0.3) is 5.91 Å². The molecule has 32 heavy (non-hydrogen) atoms. The molecule has 0 bridgehead atoms. The second kappa shape index (κ2) is 8.41. The first-order valence-corrected chi connectivity index (χ1v) is 10.7. The Bertz CT molecular complexity index is 1040. The fraction of sp³-hybridized carbons (Fsp3) is 0.348. The average Bonchev–Trinajstić information content (AvgIpc) is 3.39. The Morgan fingerprint density at radius 3 is 2.50 bits per heavy atom. The summed E-state index contributed by atoms with van der Waals surface area (Å²) in [6.07, 6.45) is -0.0342. The van der Waals surface area contributed by atoms with Gasteiger partial charge < -0.3 is 24.6 Å². The van der Waals surface area contributed by atoms with Crippen LogP contribution in [0.25, 0.3) is 0 Å². The van der Waals surface area contributed by atoms with Gasteiger partial charge in [0.15, 0.2) is 11.5 Å². The predicted octanol–water partition coefficient (Wildman–Crippen LogP) is 1.57. The number of amides is 4. The Kier molecular flexibility index (Phi) is 5.30. The van der Waals surface area contributed by atoms with E-state index in [4.69, 9.17) is 9.47 Å². The average molecular weight is 436 g/mol. The van der Waals surface area contributed by atoms with Crippen LogP contribution in [0.4, 0.5) is 10.5 Å². The van der Waals surface area contributed by atoms with Crippen molar-refractivity contribution in [1.82, 2.24) is 15.1 Å². The molecule has 0 aromatic heterocycles. The van der Waals surface area contributed by atoms with E-state index in [2.05, 4.69) is 22.3 Å². The summed E-state index contributed by atoms with van der Waals surface area (Å²) >= 11 is 0. The number of imide groups is 1. The maximum Gasteiger partial charge on any atom is 0.325 e. The summed E-state index contributed by atoms with van der Waals surface area (Å²) in [5.41, 5.74) is 1.89. The van der Waals surface area contributed by atoms with Crippen LogP contribution in [0.5, 0.6) is 11.5 Å². The zero-order chi connectivity index (χ0) is 22.1. The van der Waals surface area contributed by atoms with E-state index >= 15 is 0 Å². The van der Waals surface area contributed by atoms with Crippen molar-refractivity contribution < 1.29 is 23.9 Å². The van der Waals surface area contributed by atoms with Crippen LogP contribution in [0.15, 0.2) is 48.5 Å². The number of benzene rings is 2. The monoisotopic (exact) mass is 436 g/mol. The Balaban J connectivity index is 1.16. The Labute approximate surface area is 185 Å². The minimum absolute atomic E-state index is 0.0342. The summed E-state index contributed by atoms with van der Waals surface area (Å²) < 4.78 is 10.6. The van der Waals surface area contributed by atoms with Crippen molar-refractivity contribution in [3.63, 3.8) is 0 Å². The van der Waals surface area contributed by atoms with Gasteiger partial charge in [-0.05, 0) is 29.8 Å². The number of ether oxygens (including phenoxy) is 2. The van der Waals surface area contributed by atoms with E-state index in [0.29, 0.717) is 24.6 Å². The molecule has 2 aromatic carbocycles. The lowest BCUT2D eigenvalue weighted by atomic mass is 10.1. The minimum atomic E-state index is -0.837. The molecule has 3 aliphatic heterocycles. The van der Waals surface area contributed by atoms with E-state index in [1.807, 2.05) is 18.2 Å². The van der Waals surface area contributed by atoms with Crippen molar-refractivity contribution in [2.45, 2.75) is 19.0 Å². The van der Waals surface area contributed by atoms with Crippen LogP contribution in [-0.4, -0.2) is 66.7 Å². The van der Waals surface area contributed by atoms with E-state index in [1.165, 1.54) is 0 Å². The normalized spacial score (nSPS) is 20.0. The lowest BCUT2D eigenvalue weighted by Gasteiger charge is -2.36. The number of anilines is 1. The van der Waals surface area contributed by atoms with Crippen LogP contribution in [0, 0.1) is 0 Å². The fourth-order valence-corrected chi connectivity index (χ4v) is 4.24. The number of hydrogen-bond acceptors (Lipinski definition) is 6. The van der Waals surface area contributed by atoms with Crippen molar-refractivity contribution in [3.05, 3.63) is 54.1 Å². The molecule has 3 heterocycles. The molecule has 0 unspecified atom stereocenters. The van der Waals surface area contributed by atoms with Crippen LogP contribution in [0.3, 0.4) is 0 Å². The van der Waals surface area contributed by atoms with Crippen LogP contribution in [0.2, 0.25) is 0 Å². The summed E-state index contributed by atoms with van der Waals surface area (Å²) in [5, 5.41) is 2.65. The van der Waals surface area contributed by atoms with Crippen molar-refractivity contribution >= 4 is 23.5 Å². The molecule has 3 aliphatic rings. The third-order valence-electron chi connectivity index (χ3n) is 6.02. The van der Waals surface area contributed by atoms with Crippen molar-refractivity contribution in [2.75, 3.05) is 37.9 Å². The number of para-hydroxylation sites is 1. The molecule has 9 heteroatoms. The van der Waals surface area contributed by atoms with Crippen molar-refractivity contribution in [3.8, 4) is 11.5 Å². The molecular weight excluding hydrogens is 412 g/mol. The smallest absolute Gasteiger partial charge is 0.325 e. The maximum absolute atomic E-state index is 12.8. The van der Waals surface area contributed by atoms with E-state index < -0.39 is 12.1 Å². The topological polar surface area (TPSA) is 91.4 Å². The largest absolute Gasteiger partial charge is 0.454 e. The zero-order valence-corrected chi connectivity index (χ0v) is 17.5. The minimum Gasteiger partial charge on any atom is -0.454 e. The maximum atomic E-state index is 12.8. The van der Waals surface area contributed by atoms with E-state index in [-0.39, 0.29) is 31.6 Å². The first-order valence-electron chi connectivity index (χ1n) is 10.7. The molecule has 5 rings (SSSR count). The van der Waals surface area contributed by atoms with E-state index in [0.717, 1.165) is 29.2 Å². The number of piperazine rings is 1. The highest BCUT2D eigenvalue weighted by Crippen LogP contribution is 2.33.